The van der Waals surface area contributed by atoms with E-state index in [2.05, 4.69) is 5.32 Å². The molecule has 2 heterocycles. The van der Waals surface area contributed by atoms with Crippen molar-refractivity contribution in [3.63, 3.8) is 0 Å². The molecule has 6 heteroatoms. The molecular weight excluding hydrogens is 346 g/mol. The van der Waals surface area contributed by atoms with Gasteiger partial charge in [0.05, 0.1) is 11.8 Å². The van der Waals surface area contributed by atoms with E-state index >= 15 is 0 Å². The number of amides is 1. The summed E-state index contributed by atoms with van der Waals surface area (Å²) in [6, 6.07) is 7.13. The molecule has 4 nitrogen and oxygen atoms in total. The number of nitrogens with one attached hydrogen (secondary N) is 1. The van der Waals surface area contributed by atoms with Crippen molar-refractivity contribution in [2.75, 3.05) is 18.5 Å². The molecule has 1 aliphatic heterocycles. The molecule has 1 atom stereocenters. The minimum Gasteiger partial charge on any atom is -0.489 e. The normalized spacial score (nSPS) is 17.3. The summed E-state index contributed by atoms with van der Waals surface area (Å²) in [5, 5.41) is 7.29. The molecule has 2 aromatic rings. The van der Waals surface area contributed by atoms with Gasteiger partial charge in [-0.3, -0.25) is 4.79 Å². The van der Waals surface area contributed by atoms with E-state index in [9.17, 15) is 4.79 Å². The van der Waals surface area contributed by atoms with E-state index in [1.54, 1.807) is 35.6 Å². The van der Waals surface area contributed by atoms with E-state index in [0.29, 0.717) is 23.1 Å². The average molecular weight is 364 g/mol. The maximum Gasteiger partial charge on any atom is 0.248 e. The third kappa shape index (κ3) is 4.84. The average Bonchev–Trinajstić information content (AvgIpc) is 3.26. The summed E-state index contributed by atoms with van der Waals surface area (Å²) < 4.78 is 11.4. The van der Waals surface area contributed by atoms with E-state index in [-0.39, 0.29) is 12.0 Å². The lowest BCUT2D eigenvalue weighted by atomic mass is 10.2. The van der Waals surface area contributed by atoms with Gasteiger partial charge in [0.1, 0.15) is 12.4 Å². The number of hydrogen-bond donors (Lipinski definition) is 1. The molecule has 1 saturated heterocycles. The number of benzene rings is 1. The van der Waals surface area contributed by atoms with Crippen LogP contribution in [-0.2, 0) is 9.53 Å². The zero-order valence-corrected chi connectivity index (χ0v) is 14.6. The van der Waals surface area contributed by atoms with Gasteiger partial charge < -0.3 is 14.8 Å². The first-order valence-electron chi connectivity index (χ1n) is 7.76. The second-order valence-electron chi connectivity index (χ2n) is 5.47. The maximum atomic E-state index is 12.1. The molecule has 0 spiro atoms. The number of halogens is 1. The molecule has 1 amide bonds. The molecule has 0 saturated carbocycles. The van der Waals surface area contributed by atoms with E-state index in [4.69, 9.17) is 21.1 Å². The molecule has 0 bridgehead atoms. The van der Waals surface area contributed by atoms with Gasteiger partial charge in [0.15, 0.2) is 0 Å². The van der Waals surface area contributed by atoms with Crippen molar-refractivity contribution in [1.82, 2.24) is 0 Å². The van der Waals surface area contributed by atoms with Gasteiger partial charge in [-0.2, -0.15) is 11.3 Å². The predicted molar refractivity (Wildman–Crippen MR) is 97.9 cm³/mol. The van der Waals surface area contributed by atoms with Crippen LogP contribution < -0.4 is 10.1 Å². The Labute approximate surface area is 150 Å². The van der Waals surface area contributed by atoms with Crippen molar-refractivity contribution < 1.29 is 14.3 Å². The Morgan fingerprint density at radius 2 is 2.38 bits per heavy atom. The molecule has 1 aromatic carbocycles. The molecule has 1 aromatic heterocycles. The van der Waals surface area contributed by atoms with Crippen LogP contribution in [0.1, 0.15) is 18.4 Å². The third-order valence-electron chi connectivity index (χ3n) is 3.62. The number of ether oxygens (including phenoxy) is 2. The Balaban J connectivity index is 1.64. The summed E-state index contributed by atoms with van der Waals surface area (Å²) in [5.74, 6) is 0.359. The molecular formula is C18H18ClNO3S. The summed E-state index contributed by atoms with van der Waals surface area (Å²) in [6.45, 7) is 1.25. The molecule has 0 aliphatic carbocycles. The van der Waals surface area contributed by atoms with Gasteiger partial charge in [-0.05, 0) is 59.5 Å². The quantitative estimate of drug-likeness (QED) is 0.762. The van der Waals surface area contributed by atoms with Crippen molar-refractivity contribution in [3.8, 4) is 5.75 Å². The first-order valence-corrected chi connectivity index (χ1v) is 9.08. The molecule has 3 rings (SSSR count). The zero-order chi connectivity index (χ0) is 16.8. The van der Waals surface area contributed by atoms with E-state index in [1.807, 2.05) is 16.8 Å². The van der Waals surface area contributed by atoms with Crippen molar-refractivity contribution in [3.05, 3.63) is 51.7 Å². The fourth-order valence-corrected chi connectivity index (χ4v) is 3.20. The SMILES string of the molecule is O=C(/C=C/c1ccsc1)Nc1cc(Cl)ccc1OCC1CCCO1. The Morgan fingerprint density at radius 3 is 3.12 bits per heavy atom. The van der Waals surface area contributed by atoms with Crippen LogP contribution in [0.5, 0.6) is 5.75 Å². The van der Waals surface area contributed by atoms with Gasteiger partial charge in [-0.25, -0.2) is 0 Å². The lowest BCUT2D eigenvalue weighted by molar-refractivity contribution is -0.111. The molecule has 0 radical (unpaired) electrons. The number of anilines is 1. The van der Waals surface area contributed by atoms with Crippen LogP contribution in [0.15, 0.2) is 41.1 Å². The van der Waals surface area contributed by atoms with Gasteiger partial charge in [0.2, 0.25) is 5.91 Å². The molecule has 24 heavy (non-hydrogen) atoms. The van der Waals surface area contributed by atoms with Gasteiger partial charge in [-0.15, -0.1) is 0 Å². The Morgan fingerprint density at radius 1 is 1.46 bits per heavy atom. The zero-order valence-electron chi connectivity index (χ0n) is 13.0. The van der Waals surface area contributed by atoms with Gasteiger partial charge in [-0.1, -0.05) is 11.6 Å². The fraction of sp³-hybridized carbons (Fsp3) is 0.278. The highest BCUT2D eigenvalue weighted by atomic mass is 35.5. The smallest absolute Gasteiger partial charge is 0.248 e. The topological polar surface area (TPSA) is 47.6 Å². The highest BCUT2D eigenvalue weighted by Gasteiger charge is 2.17. The molecule has 1 aliphatic rings. The van der Waals surface area contributed by atoms with Crippen LogP contribution in [0, 0.1) is 0 Å². The summed E-state index contributed by atoms with van der Waals surface area (Å²) in [6.07, 6.45) is 5.43. The second-order valence-corrected chi connectivity index (χ2v) is 6.68. The van der Waals surface area contributed by atoms with Gasteiger partial charge in [0.25, 0.3) is 0 Å². The number of rotatable bonds is 6. The maximum absolute atomic E-state index is 12.1. The van der Waals surface area contributed by atoms with Gasteiger partial charge in [0, 0.05) is 17.7 Å². The van der Waals surface area contributed by atoms with Crippen LogP contribution in [0.2, 0.25) is 5.02 Å². The van der Waals surface area contributed by atoms with E-state index in [1.165, 1.54) is 6.08 Å². The summed E-state index contributed by atoms with van der Waals surface area (Å²) in [4.78, 5) is 12.1. The van der Waals surface area contributed by atoms with Crippen molar-refractivity contribution in [2.24, 2.45) is 0 Å². The molecule has 1 fully saturated rings. The van der Waals surface area contributed by atoms with Crippen molar-refractivity contribution >= 4 is 40.6 Å². The van der Waals surface area contributed by atoms with Crippen LogP contribution >= 0.6 is 22.9 Å². The standard InChI is InChI=1S/C18H18ClNO3S/c19-14-4-5-17(23-11-15-2-1-8-22-15)16(10-14)20-18(21)6-3-13-7-9-24-12-13/h3-7,9-10,12,15H,1-2,8,11H2,(H,20,21)/b6-3+. The third-order valence-corrected chi connectivity index (χ3v) is 4.56. The van der Waals surface area contributed by atoms with Gasteiger partial charge >= 0.3 is 0 Å². The largest absolute Gasteiger partial charge is 0.489 e. The first kappa shape index (κ1) is 17.0. The highest BCUT2D eigenvalue weighted by Crippen LogP contribution is 2.29. The lowest BCUT2D eigenvalue weighted by Gasteiger charge is -2.15. The van der Waals surface area contributed by atoms with Crippen molar-refractivity contribution in [1.29, 1.82) is 0 Å². The summed E-state index contributed by atoms with van der Waals surface area (Å²) in [7, 11) is 0. The monoisotopic (exact) mass is 363 g/mol. The Bertz CT molecular complexity index is 709. The number of carbonyl (C=O) groups excluding carboxylic acids is 1. The number of carbonyl (C=O) groups is 1. The summed E-state index contributed by atoms with van der Waals surface area (Å²) >= 11 is 7.62. The number of thiophene rings is 1. The second kappa shape index (κ2) is 8.33. The first-order chi connectivity index (χ1) is 11.7. The Kier molecular flexibility index (Phi) is 5.91. The van der Waals surface area contributed by atoms with Crippen molar-refractivity contribution in [2.45, 2.75) is 18.9 Å². The predicted octanol–water partition coefficient (Wildman–Crippen LogP) is 4.61. The van der Waals surface area contributed by atoms with Crippen LogP contribution in [-0.4, -0.2) is 25.2 Å². The molecule has 126 valence electrons. The number of hydrogen-bond acceptors (Lipinski definition) is 4. The summed E-state index contributed by atoms with van der Waals surface area (Å²) in [5.41, 5.74) is 1.55. The minimum absolute atomic E-state index is 0.114. The van der Waals surface area contributed by atoms with Crippen LogP contribution in [0.4, 0.5) is 5.69 Å². The Hall–Kier alpha value is -1.82. The lowest BCUT2D eigenvalue weighted by Crippen LogP contribution is -2.17. The van der Waals surface area contributed by atoms with Crippen LogP contribution in [0.3, 0.4) is 0 Å². The van der Waals surface area contributed by atoms with E-state index < -0.39 is 0 Å². The highest BCUT2D eigenvalue weighted by molar-refractivity contribution is 7.08. The molecule has 1 N–H and O–H groups in total. The van der Waals surface area contributed by atoms with Crippen LogP contribution in [0.25, 0.3) is 6.08 Å². The minimum atomic E-state index is -0.231. The van der Waals surface area contributed by atoms with E-state index in [0.717, 1.165) is 25.0 Å². The molecule has 1 unspecified atom stereocenters. The fourth-order valence-electron chi connectivity index (χ4n) is 2.40.